The van der Waals surface area contributed by atoms with Crippen LogP contribution in [-0.2, 0) is 33.9 Å². The van der Waals surface area contributed by atoms with E-state index in [2.05, 4.69) is 52.7 Å². The predicted molar refractivity (Wildman–Crippen MR) is 172 cm³/mol. The van der Waals surface area contributed by atoms with E-state index in [-0.39, 0.29) is 35.6 Å². The van der Waals surface area contributed by atoms with Gasteiger partial charge in [-0.25, -0.2) is 0 Å². The number of carbonyl (C=O) groups is 2. The highest BCUT2D eigenvalue weighted by Crippen LogP contribution is 2.22. The van der Waals surface area contributed by atoms with Gasteiger partial charge in [0.2, 0.25) is 5.91 Å². The molecule has 0 atom stereocenters. The molecule has 0 aromatic heterocycles. The summed E-state index contributed by atoms with van der Waals surface area (Å²) in [5.74, 6) is -0.573. The fraction of sp³-hybridized carbons (Fsp3) is 0.500. The van der Waals surface area contributed by atoms with Gasteiger partial charge in [0.25, 0.3) is 5.91 Å². The fourth-order valence-corrected chi connectivity index (χ4v) is 3.83. The Morgan fingerprint density at radius 3 is 1.62 bits per heavy atom. The van der Waals surface area contributed by atoms with Gasteiger partial charge < -0.3 is 34.3 Å². The molecule has 0 aliphatic carbocycles. The molecule has 232 valence electrons. The number of anilines is 2. The van der Waals surface area contributed by atoms with E-state index in [1.165, 1.54) is 0 Å². The second-order valence-corrected chi connectivity index (χ2v) is 11.3. The lowest BCUT2D eigenvalue weighted by molar-refractivity contribution is -0.121. The summed E-state index contributed by atoms with van der Waals surface area (Å²) < 4.78 is 26.9. The fourth-order valence-electron chi connectivity index (χ4n) is 3.39. The van der Waals surface area contributed by atoms with Crippen molar-refractivity contribution in [1.29, 1.82) is 0 Å². The van der Waals surface area contributed by atoms with Gasteiger partial charge >= 0.3 is 0 Å². The van der Waals surface area contributed by atoms with Gasteiger partial charge in [-0.1, -0.05) is 48.8 Å². The van der Waals surface area contributed by atoms with Crippen molar-refractivity contribution in [3.8, 4) is 0 Å². The lowest BCUT2D eigenvalue weighted by Crippen LogP contribution is -2.34. The highest BCUT2D eigenvalue weighted by Gasteiger charge is 2.15. The molecule has 12 heteroatoms. The second kappa shape index (κ2) is 20.5. The van der Waals surface area contributed by atoms with E-state index < -0.39 is 0 Å². The first kappa shape index (κ1) is 35.7. The molecule has 0 unspecified atom stereocenters. The van der Waals surface area contributed by atoms with Gasteiger partial charge in [-0.15, -0.1) is 0 Å². The van der Waals surface area contributed by atoms with Gasteiger partial charge in [-0.2, -0.15) is 0 Å². The maximum Gasteiger partial charge on any atom is 0.257 e. The molecular weight excluding hydrogens is 626 g/mol. The van der Waals surface area contributed by atoms with Crippen LogP contribution in [0.15, 0.2) is 48.5 Å². The molecule has 0 aliphatic rings. The Morgan fingerprint density at radius 1 is 0.690 bits per heavy atom. The van der Waals surface area contributed by atoms with Gasteiger partial charge in [0.15, 0.2) is 5.11 Å². The van der Waals surface area contributed by atoms with Crippen LogP contribution in [0.4, 0.5) is 11.4 Å². The van der Waals surface area contributed by atoms with Crippen molar-refractivity contribution in [3.63, 3.8) is 0 Å². The Bertz CT molecular complexity index is 1080. The van der Waals surface area contributed by atoms with E-state index >= 15 is 0 Å². The molecule has 0 spiro atoms. The first-order valence-electron chi connectivity index (χ1n) is 13.8. The zero-order valence-corrected chi connectivity index (χ0v) is 26.9. The molecule has 0 radical (unpaired) electrons. The molecule has 0 saturated heterocycles. The van der Waals surface area contributed by atoms with Crippen molar-refractivity contribution in [2.75, 3.05) is 82.0 Å². The minimum atomic E-state index is -0.292. The maximum atomic E-state index is 12.5. The highest BCUT2D eigenvalue weighted by molar-refractivity contribution is 9.09. The zero-order valence-electron chi connectivity index (χ0n) is 24.5. The number of halogens is 1. The van der Waals surface area contributed by atoms with Crippen molar-refractivity contribution < 1.29 is 33.3 Å². The van der Waals surface area contributed by atoms with E-state index in [9.17, 15) is 9.59 Å². The van der Waals surface area contributed by atoms with E-state index in [4.69, 9.17) is 35.9 Å². The molecule has 0 fully saturated rings. The molecule has 2 amide bonds. The van der Waals surface area contributed by atoms with Crippen LogP contribution in [0.3, 0.4) is 0 Å². The summed E-state index contributed by atoms with van der Waals surface area (Å²) in [6.45, 7) is 10.6. The van der Waals surface area contributed by atoms with Crippen LogP contribution in [-0.4, -0.2) is 88.3 Å². The summed E-state index contributed by atoms with van der Waals surface area (Å²) in [6.07, 6.45) is 0. The number of hydrogen-bond acceptors (Lipinski definition) is 8. The third-order valence-corrected chi connectivity index (χ3v) is 6.14. The molecule has 2 aromatic rings. The molecule has 0 saturated carbocycles. The smallest absolute Gasteiger partial charge is 0.257 e. The summed E-state index contributed by atoms with van der Waals surface area (Å²) in [6, 6.07) is 14.4. The molecule has 2 rings (SSSR count). The highest BCUT2D eigenvalue weighted by atomic mass is 79.9. The van der Waals surface area contributed by atoms with Crippen molar-refractivity contribution in [3.05, 3.63) is 59.7 Å². The lowest BCUT2D eigenvalue weighted by Gasteiger charge is -2.19. The van der Waals surface area contributed by atoms with Crippen molar-refractivity contribution in [2.24, 2.45) is 0 Å². The van der Waals surface area contributed by atoms with Crippen LogP contribution < -0.4 is 16.0 Å². The average Bonchev–Trinajstić information content (AvgIpc) is 2.95. The van der Waals surface area contributed by atoms with Crippen LogP contribution in [0.5, 0.6) is 0 Å². The van der Waals surface area contributed by atoms with Crippen molar-refractivity contribution in [1.82, 2.24) is 5.32 Å². The maximum absolute atomic E-state index is 12.5. The number of carbonyl (C=O) groups excluding carboxylic acids is 2. The monoisotopic (exact) mass is 667 g/mol. The number of amides is 2. The van der Waals surface area contributed by atoms with Gasteiger partial charge in [0, 0.05) is 22.3 Å². The van der Waals surface area contributed by atoms with Gasteiger partial charge in [-0.3, -0.25) is 14.9 Å². The molecule has 10 nitrogen and oxygen atoms in total. The van der Waals surface area contributed by atoms with Gasteiger partial charge in [0.05, 0.1) is 59.5 Å². The zero-order chi connectivity index (χ0) is 30.6. The van der Waals surface area contributed by atoms with E-state index in [0.29, 0.717) is 69.8 Å². The second-order valence-electron chi connectivity index (χ2n) is 10.1. The molecule has 0 aliphatic heterocycles. The van der Waals surface area contributed by atoms with Crippen molar-refractivity contribution in [2.45, 2.75) is 26.2 Å². The largest absolute Gasteiger partial charge is 0.378 e. The Labute approximate surface area is 262 Å². The van der Waals surface area contributed by atoms with Crippen molar-refractivity contribution >= 4 is 56.4 Å². The average molecular weight is 669 g/mol. The van der Waals surface area contributed by atoms with Crippen LogP contribution in [0, 0.1) is 0 Å². The van der Waals surface area contributed by atoms with Crippen LogP contribution in [0.25, 0.3) is 0 Å². The van der Waals surface area contributed by atoms with E-state index in [1.807, 2.05) is 12.1 Å². The molecular formula is C30H42BrN3O7S. The van der Waals surface area contributed by atoms with Crippen LogP contribution in [0.2, 0.25) is 0 Å². The van der Waals surface area contributed by atoms with Gasteiger partial charge in [-0.05, 0) is 59.6 Å². The number of thiocarbonyl (C=S) groups is 1. The Morgan fingerprint density at radius 2 is 1.14 bits per heavy atom. The number of benzene rings is 2. The summed E-state index contributed by atoms with van der Waals surface area (Å²) >= 11 is 8.56. The quantitative estimate of drug-likeness (QED) is 0.113. The van der Waals surface area contributed by atoms with Crippen LogP contribution >= 0.6 is 28.1 Å². The SMILES string of the molecule is CC(C)(C)c1ccc(C(=O)NC(=S)Nc2ccc(NC(=O)COCCOCCOCCOCCOCCBr)cc2)cc1. The minimum absolute atomic E-state index is 0.00921. The number of hydrogen-bond donors (Lipinski definition) is 3. The Balaban J connectivity index is 1.53. The van der Waals surface area contributed by atoms with E-state index in [1.54, 1.807) is 36.4 Å². The number of rotatable bonds is 19. The summed E-state index contributed by atoms with van der Waals surface area (Å²) in [7, 11) is 0. The minimum Gasteiger partial charge on any atom is -0.378 e. The standard InChI is InChI=1S/C30H42BrN3O7S/c1-30(2,3)24-6-4-23(5-7-24)28(36)34-29(42)33-26-10-8-25(9-11-26)32-27(35)22-41-21-20-40-19-18-39-17-16-38-15-14-37-13-12-31/h4-11H,12-22H2,1-3H3,(H,32,35)(H2,33,34,36,42). The summed E-state index contributed by atoms with van der Waals surface area (Å²) in [4.78, 5) is 24.7. The molecule has 0 heterocycles. The number of nitrogens with one attached hydrogen (secondary N) is 3. The summed E-state index contributed by atoms with van der Waals surface area (Å²) in [5, 5.41) is 9.41. The molecule has 0 bridgehead atoms. The third-order valence-electron chi connectivity index (χ3n) is 5.61. The molecule has 2 aromatic carbocycles. The van der Waals surface area contributed by atoms with E-state index in [0.717, 1.165) is 10.9 Å². The predicted octanol–water partition coefficient (Wildman–Crippen LogP) is 4.53. The lowest BCUT2D eigenvalue weighted by atomic mass is 9.87. The molecule has 3 N–H and O–H groups in total. The summed E-state index contributed by atoms with van der Waals surface area (Å²) in [5.41, 5.74) is 2.95. The topological polar surface area (TPSA) is 116 Å². The first-order valence-corrected chi connectivity index (χ1v) is 15.3. The number of alkyl halides is 1. The molecule has 42 heavy (non-hydrogen) atoms. The Hall–Kier alpha value is -2.45. The van der Waals surface area contributed by atoms with Crippen LogP contribution in [0.1, 0.15) is 36.7 Å². The Kier molecular flexibility index (Phi) is 17.4. The third kappa shape index (κ3) is 15.7. The normalized spacial score (nSPS) is 11.2. The first-order chi connectivity index (χ1) is 20.2. The number of ether oxygens (including phenoxy) is 5. The van der Waals surface area contributed by atoms with Gasteiger partial charge in [0.1, 0.15) is 6.61 Å².